The van der Waals surface area contributed by atoms with Crippen LogP contribution in [0.5, 0.6) is 0 Å². The van der Waals surface area contributed by atoms with Gasteiger partial charge in [0.05, 0.1) is 0 Å². The summed E-state index contributed by atoms with van der Waals surface area (Å²) in [5.41, 5.74) is 1.14. The highest BCUT2D eigenvalue weighted by Crippen LogP contribution is 2.21. The second-order valence-corrected chi connectivity index (χ2v) is 7.17. The van der Waals surface area contributed by atoms with Gasteiger partial charge in [0, 0.05) is 30.3 Å². The molecule has 0 aliphatic carbocycles. The molecule has 1 aromatic rings. The SMILES string of the molecule is CC(C(=O)NCCCSCc1ccccc1Cl)N1CCCC1=O. The van der Waals surface area contributed by atoms with E-state index in [1.54, 1.807) is 23.6 Å². The topological polar surface area (TPSA) is 49.4 Å². The zero-order valence-corrected chi connectivity index (χ0v) is 15.0. The minimum absolute atomic E-state index is 0.0589. The molecule has 1 aliphatic heterocycles. The fourth-order valence-electron chi connectivity index (χ4n) is 2.55. The average Bonchev–Trinajstić information content (AvgIpc) is 2.97. The molecule has 0 aromatic heterocycles. The van der Waals surface area contributed by atoms with E-state index >= 15 is 0 Å². The second kappa shape index (κ2) is 9.18. The van der Waals surface area contributed by atoms with Crippen molar-refractivity contribution in [1.29, 1.82) is 0 Å². The summed E-state index contributed by atoms with van der Waals surface area (Å²) in [5.74, 6) is 1.87. The van der Waals surface area contributed by atoms with Crippen molar-refractivity contribution in [1.82, 2.24) is 10.2 Å². The van der Waals surface area contributed by atoms with Crippen LogP contribution in [0.3, 0.4) is 0 Å². The van der Waals surface area contributed by atoms with E-state index < -0.39 is 0 Å². The second-order valence-electron chi connectivity index (χ2n) is 5.66. The van der Waals surface area contributed by atoms with Gasteiger partial charge >= 0.3 is 0 Å². The van der Waals surface area contributed by atoms with Crippen molar-refractivity contribution in [3.8, 4) is 0 Å². The Morgan fingerprint density at radius 3 is 2.91 bits per heavy atom. The van der Waals surface area contributed by atoms with Crippen LogP contribution >= 0.6 is 23.4 Å². The summed E-state index contributed by atoms with van der Waals surface area (Å²) in [7, 11) is 0. The van der Waals surface area contributed by atoms with Crippen molar-refractivity contribution in [3.63, 3.8) is 0 Å². The molecule has 1 unspecified atom stereocenters. The number of nitrogens with zero attached hydrogens (tertiary/aromatic N) is 1. The predicted octanol–water partition coefficient (Wildman–Crippen LogP) is 3.09. The van der Waals surface area contributed by atoms with Gasteiger partial charge in [0.25, 0.3) is 0 Å². The van der Waals surface area contributed by atoms with Crippen LogP contribution in [0, 0.1) is 0 Å². The van der Waals surface area contributed by atoms with Crippen LogP contribution in [-0.2, 0) is 15.3 Å². The normalized spacial score (nSPS) is 15.7. The third-order valence-corrected chi connectivity index (χ3v) is 5.40. The quantitative estimate of drug-likeness (QED) is 0.730. The predicted molar refractivity (Wildman–Crippen MR) is 95.6 cm³/mol. The first-order valence-corrected chi connectivity index (χ1v) is 9.51. The van der Waals surface area contributed by atoms with Crippen molar-refractivity contribution in [2.75, 3.05) is 18.8 Å². The zero-order valence-electron chi connectivity index (χ0n) is 13.4. The number of carbonyl (C=O) groups is 2. The number of nitrogens with one attached hydrogen (secondary N) is 1. The maximum atomic E-state index is 12.0. The van der Waals surface area contributed by atoms with E-state index in [2.05, 4.69) is 5.32 Å². The Morgan fingerprint density at radius 2 is 2.22 bits per heavy atom. The summed E-state index contributed by atoms with van der Waals surface area (Å²) in [4.78, 5) is 25.3. The number of amides is 2. The third kappa shape index (κ3) is 5.43. The van der Waals surface area contributed by atoms with Crippen LogP contribution in [0.25, 0.3) is 0 Å². The summed E-state index contributed by atoms with van der Waals surface area (Å²) in [5, 5.41) is 3.72. The van der Waals surface area contributed by atoms with Gasteiger partial charge in [-0.1, -0.05) is 29.8 Å². The van der Waals surface area contributed by atoms with Gasteiger partial charge in [-0.15, -0.1) is 0 Å². The number of carbonyl (C=O) groups excluding carboxylic acids is 2. The number of halogens is 1. The van der Waals surface area contributed by atoms with Crippen molar-refractivity contribution < 1.29 is 9.59 Å². The molecule has 1 aliphatic rings. The molecule has 23 heavy (non-hydrogen) atoms. The van der Waals surface area contributed by atoms with Gasteiger partial charge in [0.15, 0.2) is 0 Å². The fraction of sp³-hybridized carbons (Fsp3) is 0.529. The molecule has 0 bridgehead atoms. The lowest BCUT2D eigenvalue weighted by Gasteiger charge is -2.23. The lowest BCUT2D eigenvalue weighted by Crippen LogP contribution is -2.45. The lowest BCUT2D eigenvalue weighted by atomic mass is 10.2. The molecule has 1 heterocycles. The molecule has 4 nitrogen and oxygen atoms in total. The lowest BCUT2D eigenvalue weighted by molar-refractivity contribution is -0.136. The molecule has 2 rings (SSSR count). The average molecular weight is 355 g/mol. The van der Waals surface area contributed by atoms with Crippen LogP contribution in [0.15, 0.2) is 24.3 Å². The van der Waals surface area contributed by atoms with E-state index in [0.717, 1.165) is 34.9 Å². The van der Waals surface area contributed by atoms with Crippen LogP contribution in [0.2, 0.25) is 5.02 Å². The van der Waals surface area contributed by atoms with E-state index in [0.29, 0.717) is 19.5 Å². The molecule has 0 spiro atoms. The first kappa shape index (κ1) is 18.1. The summed E-state index contributed by atoms with van der Waals surface area (Å²) < 4.78 is 0. The van der Waals surface area contributed by atoms with Gasteiger partial charge < -0.3 is 10.2 Å². The standard InChI is InChI=1S/C17H23ClN2O2S/c1-13(20-10-4-8-16(20)21)17(22)19-9-5-11-23-12-14-6-2-3-7-15(14)18/h2-3,6-7,13H,4-5,8-12H2,1H3,(H,19,22). The largest absolute Gasteiger partial charge is 0.354 e. The monoisotopic (exact) mass is 354 g/mol. The van der Waals surface area contributed by atoms with Crippen molar-refractivity contribution in [2.24, 2.45) is 0 Å². The number of thioether (sulfide) groups is 1. The van der Waals surface area contributed by atoms with Gasteiger partial charge in [-0.05, 0) is 37.1 Å². The zero-order chi connectivity index (χ0) is 16.7. The van der Waals surface area contributed by atoms with Gasteiger partial charge in [-0.25, -0.2) is 0 Å². The molecule has 0 saturated carbocycles. The number of rotatable bonds is 8. The Labute approximate surface area is 146 Å². The molecule has 1 aromatic carbocycles. The Bertz CT molecular complexity index is 553. The molecule has 1 fully saturated rings. The molecule has 1 N–H and O–H groups in total. The number of hydrogen-bond acceptors (Lipinski definition) is 3. The molecule has 1 atom stereocenters. The highest BCUT2D eigenvalue weighted by molar-refractivity contribution is 7.98. The van der Waals surface area contributed by atoms with Crippen LogP contribution in [0.4, 0.5) is 0 Å². The first-order chi connectivity index (χ1) is 11.1. The van der Waals surface area contributed by atoms with E-state index in [1.807, 2.05) is 24.3 Å². The summed E-state index contributed by atoms with van der Waals surface area (Å²) in [6.07, 6.45) is 2.33. The molecule has 6 heteroatoms. The molecular formula is C17H23ClN2O2S. The van der Waals surface area contributed by atoms with Gasteiger partial charge in [0.1, 0.15) is 6.04 Å². The van der Waals surface area contributed by atoms with Crippen LogP contribution in [-0.4, -0.2) is 41.6 Å². The Kier molecular flexibility index (Phi) is 7.24. The maximum absolute atomic E-state index is 12.0. The maximum Gasteiger partial charge on any atom is 0.242 e. The Balaban J connectivity index is 1.59. The Morgan fingerprint density at radius 1 is 1.43 bits per heavy atom. The minimum atomic E-state index is -0.360. The number of hydrogen-bond donors (Lipinski definition) is 1. The molecule has 0 radical (unpaired) electrons. The van der Waals surface area contributed by atoms with Gasteiger partial charge in [0.2, 0.25) is 11.8 Å². The van der Waals surface area contributed by atoms with Crippen molar-refractivity contribution in [3.05, 3.63) is 34.9 Å². The van der Waals surface area contributed by atoms with E-state index in [1.165, 1.54) is 0 Å². The van der Waals surface area contributed by atoms with Crippen LogP contribution < -0.4 is 5.32 Å². The van der Waals surface area contributed by atoms with Crippen molar-refractivity contribution in [2.45, 2.75) is 38.0 Å². The summed E-state index contributed by atoms with van der Waals surface area (Å²) in [6.45, 7) is 3.13. The van der Waals surface area contributed by atoms with E-state index in [-0.39, 0.29) is 17.9 Å². The third-order valence-electron chi connectivity index (χ3n) is 3.94. The Hall–Kier alpha value is -1.20. The van der Waals surface area contributed by atoms with E-state index in [4.69, 9.17) is 11.6 Å². The molecule has 1 saturated heterocycles. The van der Waals surface area contributed by atoms with Gasteiger partial charge in [-0.2, -0.15) is 11.8 Å². The molecule has 2 amide bonds. The number of likely N-dealkylation sites (tertiary alicyclic amines) is 1. The summed E-state index contributed by atoms with van der Waals surface area (Å²) in [6, 6.07) is 7.49. The van der Waals surface area contributed by atoms with E-state index in [9.17, 15) is 9.59 Å². The molecule has 126 valence electrons. The highest BCUT2D eigenvalue weighted by Gasteiger charge is 2.28. The van der Waals surface area contributed by atoms with Crippen molar-refractivity contribution >= 4 is 35.2 Å². The number of benzene rings is 1. The van der Waals surface area contributed by atoms with Crippen LogP contribution in [0.1, 0.15) is 31.7 Å². The first-order valence-electron chi connectivity index (χ1n) is 7.98. The summed E-state index contributed by atoms with van der Waals surface area (Å²) >= 11 is 7.92. The minimum Gasteiger partial charge on any atom is -0.354 e. The van der Waals surface area contributed by atoms with Gasteiger partial charge in [-0.3, -0.25) is 9.59 Å². The highest BCUT2D eigenvalue weighted by atomic mass is 35.5. The fourth-order valence-corrected chi connectivity index (χ4v) is 3.80. The molecular weight excluding hydrogens is 332 g/mol. The smallest absolute Gasteiger partial charge is 0.242 e.